The van der Waals surface area contributed by atoms with Gasteiger partial charge in [-0.15, -0.1) is 0 Å². The molecular formula is C30H35FN2O3. The van der Waals surface area contributed by atoms with Gasteiger partial charge in [0.1, 0.15) is 17.3 Å². The van der Waals surface area contributed by atoms with Crippen LogP contribution in [0.3, 0.4) is 0 Å². The average molecular weight is 491 g/mol. The van der Waals surface area contributed by atoms with Crippen LogP contribution in [-0.2, 0) is 17.8 Å². The number of rotatable bonds is 9. The topological polar surface area (TPSA) is 50.8 Å². The highest BCUT2D eigenvalue weighted by atomic mass is 19.1. The molecule has 1 heterocycles. The summed E-state index contributed by atoms with van der Waals surface area (Å²) in [5.41, 5.74) is 4.01. The van der Waals surface area contributed by atoms with E-state index in [4.69, 9.17) is 9.47 Å². The van der Waals surface area contributed by atoms with Crippen molar-refractivity contribution >= 4 is 5.91 Å². The van der Waals surface area contributed by atoms with E-state index in [-0.39, 0.29) is 23.6 Å². The monoisotopic (exact) mass is 490 g/mol. The minimum atomic E-state index is -0.198. The Labute approximate surface area is 213 Å². The normalized spacial score (nSPS) is 18.0. The lowest BCUT2D eigenvalue weighted by Gasteiger charge is -2.37. The van der Waals surface area contributed by atoms with E-state index in [0.29, 0.717) is 18.7 Å². The quantitative estimate of drug-likeness (QED) is 0.453. The van der Waals surface area contributed by atoms with Crippen molar-refractivity contribution in [2.45, 2.75) is 32.2 Å². The molecule has 4 rings (SSSR count). The Hall–Kier alpha value is -3.38. The van der Waals surface area contributed by atoms with Gasteiger partial charge >= 0.3 is 0 Å². The number of ether oxygens (including phenoxy) is 2. The van der Waals surface area contributed by atoms with Gasteiger partial charge in [-0.2, -0.15) is 0 Å². The van der Waals surface area contributed by atoms with E-state index >= 15 is 0 Å². The van der Waals surface area contributed by atoms with Crippen LogP contribution < -0.4 is 14.8 Å². The molecule has 0 saturated carbocycles. The predicted octanol–water partition coefficient (Wildman–Crippen LogP) is 5.12. The molecule has 1 aliphatic heterocycles. The van der Waals surface area contributed by atoms with Crippen molar-refractivity contribution in [1.29, 1.82) is 0 Å². The molecule has 1 N–H and O–H groups in total. The number of halogens is 1. The van der Waals surface area contributed by atoms with Gasteiger partial charge in [-0.25, -0.2) is 4.39 Å². The Balaban J connectivity index is 1.44. The Bertz CT molecular complexity index is 1170. The summed E-state index contributed by atoms with van der Waals surface area (Å²) in [7, 11) is 3.32. The van der Waals surface area contributed by atoms with E-state index in [2.05, 4.69) is 16.3 Å². The lowest BCUT2D eigenvalue weighted by Crippen LogP contribution is -2.45. The first-order valence-electron chi connectivity index (χ1n) is 12.5. The molecule has 0 aromatic heterocycles. The number of piperidine rings is 1. The molecule has 0 aliphatic carbocycles. The Morgan fingerprint density at radius 3 is 2.47 bits per heavy atom. The number of aryl methyl sites for hydroxylation is 1. The number of hydrogen-bond acceptors (Lipinski definition) is 4. The molecule has 190 valence electrons. The molecule has 5 nitrogen and oxygen atoms in total. The maximum absolute atomic E-state index is 13.9. The maximum Gasteiger partial charge on any atom is 0.224 e. The fourth-order valence-electron chi connectivity index (χ4n) is 4.97. The minimum absolute atomic E-state index is 0.0719. The number of benzene rings is 3. The zero-order chi connectivity index (χ0) is 25.5. The first kappa shape index (κ1) is 25.7. The van der Waals surface area contributed by atoms with Crippen LogP contribution in [0.2, 0.25) is 0 Å². The summed E-state index contributed by atoms with van der Waals surface area (Å²) in [5.74, 6) is 1.53. The summed E-state index contributed by atoms with van der Waals surface area (Å²) in [6.07, 6.45) is 1.50. The molecule has 0 radical (unpaired) electrons. The maximum atomic E-state index is 13.9. The summed E-state index contributed by atoms with van der Waals surface area (Å²) in [6.45, 7) is 4.60. The van der Waals surface area contributed by atoms with E-state index in [0.717, 1.165) is 54.1 Å². The number of nitrogens with one attached hydrogen (secondary N) is 1. The van der Waals surface area contributed by atoms with Crippen molar-refractivity contribution in [3.63, 3.8) is 0 Å². The summed E-state index contributed by atoms with van der Waals surface area (Å²) in [6, 6.07) is 21.3. The second-order valence-electron chi connectivity index (χ2n) is 9.57. The summed E-state index contributed by atoms with van der Waals surface area (Å²) in [5, 5.41) is 3.15. The molecule has 36 heavy (non-hydrogen) atoms. The van der Waals surface area contributed by atoms with Crippen LogP contribution in [0.5, 0.6) is 11.5 Å². The number of hydrogen-bond donors (Lipinski definition) is 1. The van der Waals surface area contributed by atoms with Gasteiger partial charge in [-0.3, -0.25) is 9.69 Å². The molecule has 1 fully saturated rings. The number of methoxy groups -OCH3 is 2. The molecule has 1 amide bonds. The molecule has 0 bridgehead atoms. The largest absolute Gasteiger partial charge is 0.497 e. The third-order valence-electron chi connectivity index (χ3n) is 6.96. The Kier molecular flexibility index (Phi) is 8.60. The number of amides is 1. The molecule has 1 aliphatic rings. The van der Waals surface area contributed by atoms with Crippen LogP contribution in [0.25, 0.3) is 0 Å². The van der Waals surface area contributed by atoms with Crippen molar-refractivity contribution in [3.05, 3.63) is 94.8 Å². The van der Waals surface area contributed by atoms with Crippen LogP contribution in [0.15, 0.2) is 66.7 Å². The molecule has 0 spiro atoms. The van der Waals surface area contributed by atoms with E-state index in [1.54, 1.807) is 21.1 Å². The van der Waals surface area contributed by atoms with Gasteiger partial charge in [0.05, 0.1) is 20.1 Å². The zero-order valence-electron chi connectivity index (χ0n) is 21.3. The number of nitrogens with zero attached hydrogens (tertiary/aromatic N) is 1. The van der Waals surface area contributed by atoms with Gasteiger partial charge in [0.2, 0.25) is 5.91 Å². The Morgan fingerprint density at radius 2 is 1.75 bits per heavy atom. The highest BCUT2D eigenvalue weighted by molar-refractivity contribution is 5.79. The van der Waals surface area contributed by atoms with E-state index in [1.165, 1.54) is 6.07 Å². The molecule has 2 unspecified atom stereocenters. The zero-order valence-corrected chi connectivity index (χ0v) is 21.3. The van der Waals surface area contributed by atoms with Gasteiger partial charge in [0.25, 0.3) is 0 Å². The van der Waals surface area contributed by atoms with Crippen molar-refractivity contribution in [2.75, 3.05) is 33.9 Å². The second kappa shape index (κ2) is 12.0. The summed E-state index contributed by atoms with van der Waals surface area (Å²) >= 11 is 0. The molecule has 2 atom stereocenters. The summed E-state index contributed by atoms with van der Waals surface area (Å²) < 4.78 is 24.5. The number of likely N-dealkylation sites (tertiary alicyclic amines) is 1. The smallest absolute Gasteiger partial charge is 0.224 e. The highest BCUT2D eigenvalue weighted by Gasteiger charge is 2.32. The molecule has 3 aromatic carbocycles. The van der Waals surface area contributed by atoms with Gasteiger partial charge in [-0.05, 0) is 78.3 Å². The number of carbonyl (C=O) groups is 1. The van der Waals surface area contributed by atoms with Gasteiger partial charge in [0, 0.05) is 26.2 Å². The number of carbonyl (C=O) groups excluding carboxylic acids is 1. The third kappa shape index (κ3) is 6.64. The van der Waals surface area contributed by atoms with Crippen LogP contribution in [0.4, 0.5) is 4.39 Å². The first-order chi connectivity index (χ1) is 17.4. The molecular weight excluding hydrogens is 455 g/mol. The van der Waals surface area contributed by atoms with Gasteiger partial charge in [0.15, 0.2) is 0 Å². The standard InChI is InChI=1S/C30H35FN2O3/c1-21-15-24(9-12-29(21)31)25-17-26(20-33(19-25)18-23-5-4-6-28(16-23)36-3)30(34)32-14-13-22-7-10-27(35-2)11-8-22/h4-12,15-16,25-26H,13-14,17-20H2,1-3H3,(H,32,34). The van der Waals surface area contributed by atoms with Crippen LogP contribution >= 0.6 is 0 Å². The van der Waals surface area contributed by atoms with Crippen molar-refractivity contribution in [3.8, 4) is 11.5 Å². The Morgan fingerprint density at radius 1 is 0.972 bits per heavy atom. The highest BCUT2D eigenvalue weighted by Crippen LogP contribution is 2.32. The fourth-order valence-corrected chi connectivity index (χ4v) is 4.97. The fraction of sp³-hybridized carbons (Fsp3) is 0.367. The molecule has 6 heteroatoms. The van der Waals surface area contributed by atoms with Crippen LogP contribution in [-0.4, -0.2) is 44.7 Å². The summed E-state index contributed by atoms with van der Waals surface area (Å²) in [4.78, 5) is 15.6. The SMILES string of the molecule is COc1ccc(CCNC(=O)C2CC(c3ccc(F)c(C)c3)CN(Cc3cccc(OC)c3)C2)cc1. The van der Waals surface area contributed by atoms with Gasteiger partial charge < -0.3 is 14.8 Å². The van der Waals surface area contributed by atoms with E-state index < -0.39 is 0 Å². The predicted molar refractivity (Wildman–Crippen MR) is 140 cm³/mol. The second-order valence-corrected chi connectivity index (χ2v) is 9.57. The molecule has 1 saturated heterocycles. The van der Waals surface area contributed by atoms with Crippen molar-refractivity contribution < 1.29 is 18.7 Å². The lowest BCUT2D eigenvalue weighted by atomic mass is 9.83. The van der Waals surface area contributed by atoms with E-state index in [1.807, 2.05) is 54.6 Å². The van der Waals surface area contributed by atoms with E-state index in [9.17, 15) is 9.18 Å². The minimum Gasteiger partial charge on any atom is -0.497 e. The third-order valence-corrected chi connectivity index (χ3v) is 6.96. The van der Waals surface area contributed by atoms with Crippen molar-refractivity contribution in [1.82, 2.24) is 10.2 Å². The average Bonchev–Trinajstić information content (AvgIpc) is 2.90. The van der Waals surface area contributed by atoms with Crippen LogP contribution in [0, 0.1) is 18.7 Å². The molecule has 3 aromatic rings. The van der Waals surface area contributed by atoms with Gasteiger partial charge in [-0.1, -0.05) is 36.4 Å². The van der Waals surface area contributed by atoms with Crippen LogP contribution in [0.1, 0.15) is 34.6 Å². The van der Waals surface area contributed by atoms with Crippen molar-refractivity contribution in [2.24, 2.45) is 5.92 Å². The lowest BCUT2D eigenvalue weighted by molar-refractivity contribution is -0.127. The first-order valence-corrected chi connectivity index (χ1v) is 12.5.